The first-order chi connectivity index (χ1) is 18.3. The number of rotatable bonds is 9. The van der Waals surface area contributed by atoms with Crippen molar-refractivity contribution in [3.63, 3.8) is 0 Å². The van der Waals surface area contributed by atoms with Crippen LogP contribution < -0.4 is 15.8 Å². The van der Waals surface area contributed by atoms with Gasteiger partial charge in [0.25, 0.3) is 5.56 Å². The van der Waals surface area contributed by atoms with Crippen LogP contribution in [0.25, 0.3) is 10.9 Å². The summed E-state index contributed by atoms with van der Waals surface area (Å²) in [6.45, 7) is 7.99. The van der Waals surface area contributed by atoms with Gasteiger partial charge in [-0.25, -0.2) is 4.98 Å². The molecule has 1 aromatic carbocycles. The third-order valence-corrected chi connectivity index (χ3v) is 6.78. The van der Waals surface area contributed by atoms with Crippen molar-refractivity contribution in [3.8, 4) is 0 Å². The molecule has 1 saturated heterocycles. The minimum atomic E-state index is -0.810. The topological polar surface area (TPSA) is 116 Å². The molecule has 10 heteroatoms. The number of carbonyl (C=O) groups excluding carboxylic acids is 2. The lowest BCUT2D eigenvalue weighted by molar-refractivity contribution is -0.141. The van der Waals surface area contributed by atoms with Gasteiger partial charge in [0, 0.05) is 18.8 Å². The van der Waals surface area contributed by atoms with Gasteiger partial charge in [0.05, 0.1) is 61.9 Å². The maximum Gasteiger partial charge on any atom is 0.307 e. The molecule has 3 atom stereocenters. The monoisotopic (exact) mass is 521 g/mol. The van der Waals surface area contributed by atoms with Gasteiger partial charge >= 0.3 is 5.97 Å². The Hall–Kier alpha value is -3.79. The summed E-state index contributed by atoms with van der Waals surface area (Å²) in [5, 5.41) is 3.45. The lowest BCUT2D eigenvalue weighted by Crippen LogP contribution is -2.44. The molecule has 1 aliphatic heterocycles. The highest BCUT2D eigenvalue weighted by Gasteiger charge is 2.29. The van der Waals surface area contributed by atoms with Crippen molar-refractivity contribution in [2.75, 3.05) is 31.8 Å². The van der Waals surface area contributed by atoms with Crippen LogP contribution in [-0.4, -0.2) is 59.3 Å². The molecule has 1 fully saturated rings. The Morgan fingerprint density at radius 1 is 1.24 bits per heavy atom. The molecule has 38 heavy (non-hydrogen) atoms. The van der Waals surface area contributed by atoms with E-state index in [9.17, 15) is 14.4 Å². The number of nitrogens with zero attached hydrogens (tertiary/aromatic N) is 4. The van der Waals surface area contributed by atoms with Crippen LogP contribution in [0.2, 0.25) is 0 Å². The lowest BCUT2D eigenvalue weighted by atomic mass is 10.00. The van der Waals surface area contributed by atoms with Crippen LogP contribution >= 0.6 is 0 Å². The van der Waals surface area contributed by atoms with Crippen molar-refractivity contribution in [3.05, 3.63) is 65.0 Å². The zero-order chi connectivity index (χ0) is 27.2. The largest absolute Gasteiger partial charge is 0.469 e. The summed E-state index contributed by atoms with van der Waals surface area (Å²) in [5.74, 6) is -0.724. The third-order valence-electron chi connectivity index (χ3n) is 6.78. The highest BCUT2D eigenvalue weighted by Crippen LogP contribution is 2.26. The number of morpholine rings is 1. The van der Waals surface area contributed by atoms with Crippen LogP contribution in [0.3, 0.4) is 0 Å². The van der Waals surface area contributed by atoms with Crippen molar-refractivity contribution in [1.29, 1.82) is 0 Å². The number of carbonyl (C=O) groups is 2. The minimum Gasteiger partial charge on any atom is -0.469 e. The van der Waals surface area contributed by atoms with Crippen molar-refractivity contribution < 1.29 is 19.1 Å². The van der Waals surface area contributed by atoms with Crippen LogP contribution in [0, 0.1) is 5.92 Å². The Labute approximate surface area is 222 Å². The van der Waals surface area contributed by atoms with E-state index >= 15 is 0 Å². The number of aromatic nitrogens is 3. The Kier molecular flexibility index (Phi) is 8.73. The minimum absolute atomic E-state index is 0.0781. The summed E-state index contributed by atoms with van der Waals surface area (Å²) in [6, 6.07) is 7.65. The predicted octanol–water partition coefficient (Wildman–Crippen LogP) is 3.02. The number of hydrogen-bond acceptors (Lipinski definition) is 8. The van der Waals surface area contributed by atoms with Crippen LogP contribution in [-0.2, 0) is 19.1 Å². The number of para-hydroxylation sites is 1. The van der Waals surface area contributed by atoms with Crippen molar-refractivity contribution in [2.45, 2.75) is 51.7 Å². The van der Waals surface area contributed by atoms with E-state index in [0.29, 0.717) is 42.6 Å². The molecule has 2 aromatic heterocycles. The number of fused-ring (bicyclic) bond motifs is 1. The van der Waals surface area contributed by atoms with Gasteiger partial charge in [-0.1, -0.05) is 26.0 Å². The molecule has 202 valence electrons. The van der Waals surface area contributed by atoms with E-state index in [1.165, 1.54) is 18.0 Å². The summed E-state index contributed by atoms with van der Waals surface area (Å²) in [6.07, 6.45) is 5.17. The van der Waals surface area contributed by atoms with E-state index in [4.69, 9.17) is 9.47 Å². The second-order valence-electron chi connectivity index (χ2n) is 10.1. The predicted molar refractivity (Wildman–Crippen MR) is 144 cm³/mol. The van der Waals surface area contributed by atoms with Crippen LogP contribution in [0.1, 0.15) is 51.3 Å². The van der Waals surface area contributed by atoms with E-state index in [2.05, 4.69) is 27.1 Å². The molecule has 2 unspecified atom stereocenters. The number of esters is 1. The van der Waals surface area contributed by atoms with Crippen molar-refractivity contribution >= 4 is 28.5 Å². The molecule has 3 heterocycles. The summed E-state index contributed by atoms with van der Waals surface area (Å²) >= 11 is 0. The Morgan fingerprint density at radius 2 is 2.03 bits per heavy atom. The molecule has 0 aliphatic carbocycles. The van der Waals surface area contributed by atoms with E-state index < -0.39 is 18.1 Å². The molecule has 3 aromatic rings. The molecule has 10 nitrogen and oxygen atoms in total. The first-order valence-electron chi connectivity index (χ1n) is 12.9. The molecular weight excluding hydrogens is 486 g/mol. The quantitative estimate of drug-likeness (QED) is 0.427. The molecule has 1 aliphatic rings. The average molecular weight is 522 g/mol. The number of methoxy groups -OCH3 is 1. The van der Waals surface area contributed by atoms with Gasteiger partial charge in [0.1, 0.15) is 6.04 Å². The maximum absolute atomic E-state index is 13.8. The smallest absolute Gasteiger partial charge is 0.307 e. The summed E-state index contributed by atoms with van der Waals surface area (Å²) in [4.78, 5) is 50.4. The van der Waals surface area contributed by atoms with Crippen molar-refractivity contribution in [2.24, 2.45) is 5.92 Å². The number of hydrogen-bond donors (Lipinski definition) is 1. The average Bonchev–Trinajstić information content (AvgIpc) is 2.92. The zero-order valence-electron chi connectivity index (χ0n) is 22.3. The molecule has 1 amide bonds. The summed E-state index contributed by atoms with van der Waals surface area (Å²) < 4.78 is 11.9. The Bertz CT molecular complexity index is 1340. The highest BCUT2D eigenvalue weighted by atomic mass is 16.5. The van der Waals surface area contributed by atoms with Gasteiger partial charge in [-0.2, -0.15) is 0 Å². The van der Waals surface area contributed by atoms with Crippen LogP contribution in [0.15, 0.2) is 53.8 Å². The van der Waals surface area contributed by atoms with Gasteiger partial charge in [0.15, 0.2) is 0 Å². The number of amides is 1. The molecule has 0 saturated carbocycles. The molecular formula is C28H35N5O5. The fourth-order valence-electron chi connectivity index (χ4n) is 4.77. The molecule has 0 radical (unpaired) electrons. The van der Waals surface area contributed by atoms with Gasteiger partial charge in [0.2, 0.25) is 5.91 Å². The van der Waals surface area contributed by atoms with Crippen LogP contribution in [0.4, 0.5) is 5.69 Å². The van der Waals surface area contributed by atoms with E-state index in [-0.39, 0.29) is 29.8 Å². The first-order valence-corrected chi connectivity index (χ1v) is 12.9. The standard InChI is InChI=1S/C28H35N5O5/c1-18(2)11-25(33-17-30-23-8-6-5-7-22(23)28(33)36)27(35)31-24(13-26(34)37-4)20-12-21(15-29-14-20)32-9-10-38-16-19(32)3/h5-8,12,14-15,17-19,24-25H,9-11,13,16H2,1-4H3,(H,31,35)/t19-,24?,25?/m0/s1. The normalized spacial score (nSPS) is 17.3. The second-order valence-corrected chi connectivity index (χ2v) is 10.1. The van der Waals surface area contributed by atoms with Gasteiger partial charge in [-0.15, -0.1) is 0 Å². The van der Waals surface area contributed by atoms with Crippen molar-refractivity contribution in [1.82, 2.24) is 19.9 Å². The van der Waals surface area contributed by atoms with Gasteiger partial charge in [-0.05, 0) is 43.0 Å². The Morgan fingerprint density at radius 3 is 2.76 bits per heavy atom. The fraction of sp³-hybridized carbons (Fsp3) is 0.464. The number of pyridine rings is 1. The lowest BCUT2D eigenvalue weighted by Gasteiger charge is -2.35. The number of benzene rings is 1. The highest BCUT2D eigenvalue weighted by molar-refractivity contribution is 5.83. The summed E-state index contributed by atoms with van der Waals surface area (Å²) in [7, 11) is 1.31. The fourth-order valence-corrected chi connectivity index (χ4v) is 4.77. The SMILES string of the molecule is COC(=O)CC(NC(=O)C(CC(C)C)n1cnc2ccccc2c1=O)c1cncc(N2CCOC[C@@H]2C)c1. The first kappa shape index (κ1) is 27.3. The molecule has 4 rings (SSSR count). The van der Waals surface area contributed by atoms with Gasteiger partial charge in [-0.3, -0.25) is 23.9 Å². The maximum atomic E-state index is 13.8. The zero-order valence-corrected chi connectivity index (χ0v) is 22.3. The van der Waals surface area contributed by atoms with E-state index in [1.54, 1.807) is 30.6 Å². The van der Waals surface area contributed by atoms with E-state index in [1.807, 2.05) is 26.0 Å². The molecule has 0 spiro atoms. The van der Waals surface area contributed by atoms with Gasteiger partial charge < -0.3 is 19.7 Å². The molecule has 0 bridgehead atoms. The number of ether oxygens (including phenoxy) is 2. The Balaban J connectivity index is 1.67. The second kappa shape index (κ2) is 12.2. The van der Waals surface area contributed by atoms with E-state index in [0.717, 1.165) is 5.69 Å². The summed E-state index contributed by atoms with van der Waals surface area (Å²) in [5.41, 5.74) is 1.84. The third kappa shape index (κ3) is 6.19. The number of anilines is 1. The molecule has 1 N–H and O–H groups in total. The number of nitrogens with one attached hydrogen (secondary N) is 1. The van der Waals surface area contributed by atoms with Crippen LogP contribution in [0.5, 0.6) is 0 Å².